The van der Waals surface area contributed by atoms with E-state index < -0.39 is 17.5 Å². The second kappa shape index (κ2) is 11.1. The van der Waals surface area contributed by atoms with E-state index in [0.717, 1.165) is 37.6 Å². The molecule has 0 saturated heterocycles. The summed E-state index contributed by atoms with van der Waals surface area (Å²) in [5.41, 5.74) is 3.29. The Morgan fingerprint density at radius 3 is 2.42 bits per heavy atom. The summed E-state index contributed by atoms with van der Waals surface area (Å²) in [6.07, 6.45) is 1.62. The smallest absolute Gasteiger partial charge is 0.309 e. The summed E-state index contributed by atoms with van der Waals surface area (Å²) >= 11 is 3.36. The maximum absolute atomic E-state index is 12.2. The van der Waals surface area contributed by atoms with Gasteiger partial charge in [-0.15, -0.1) is 23.1 Å². The number of fused-ring (bicyclic) bond motifs is 1. The molecule has 8 heteroatoms. The van der Waals surface area contributed by atoms with Crippen LogP contribution in [-0.2, 0) is 17.8 Å². The molecule has 0 fully saturated rings. The van der Waals surface area contributed by atoms with Crippen molar-refractivity contribution in [1.29, 1.82) is 0 Å². The Morgan fingerprint density at radius 2 is 1.84 bits per heavy atom. The summed E-state index contributed by atoms with van der Waals surface area (Å²) in [6.45, 7) is 12.6. The van der Waals surface area contributed by atoms with Crippen molar-refractivity contribution < 1.29 is 19.7 Å². The standard InChI is InChI=1S/C30H36N2O4S2/c1-19(33)18-36-22-11-12-24-23(15-22)26(38-29(2,3)4)25(16-30(5,6)28(34)35)32(24)17-20-7-9-21(10-8-20)27-31-13-14-37-27/h7-15,19,33H,16-18H2,1-6H3,(H,34,35). The van der Waals surface area contributed by atoms with Gasteiger partial charge in [-0.2, -0.15) is 0 Å². The molecule has 2 aromatic carbocycles. The van der Waals surface area contributed by atoms with Gasteiger partial charge in [0.15, 0.2) is 0 Å². The largest absolute Gasteiger partial charge is 0.491 e. The first-order chi connectivity index (χ1) is 17.8. The summed E-state index contributed by atoms with van der Waals surface area (Å²) in [7, 11) is 0. The van der Waals surface area contributed by atoms with Crippen LogP contribution in [0.15, 0.2) is 58.9 Å². The predicted molar refractivity (Wildman–Crippen MR) is 156 cm³/mol. The molecule has 1 atom stereocenters. The molecule has 2 aromatic heterocycles. The zero-order valence-corrected chi connectivity index (χ0v) is 24.4. The number of carbonyl (C=O) groups is 1. The van der Waals surface area contributed by atoms with E-state index in [1.54, 1.807) is 43.9 Å². The molecular weight excluding hydrogens is 516 g/mol. The number of hydrogen-bond acceptors (Lipinski definition) is 6. The van der Waals surface area contributed by atoms with Crippen LogP contribution in [-0.4, -0.2) is 43.2 Å². The van der Waals surface area contributed by atoms with Crippen molar-refractivity contribution in [2.75, 3.05) is 6.61 Å². The number of carboxylic acid groups (broad SMARTS) is 1. The maximum Gasteiger partial charge on any atom is 0.309 e. The molecule has 6 nitrogen and oxygen atoms in total. The number of thiazole rings is 1. The molecule has 0 bridgehead atoms. The van der Waals surface area contributed by atoms with Crippen LogP contribution in [0.3, 0.4) is 0 Å². The SMILES string of the molecule is CC(O)COc1ccc2c(c1)c(SC(C)(C)C)c(CC(C)(C)C(=O)O)n2Cc1ccc(-c2nccs2)cc1. The first-order valence-corrected chi connectivity index (χ1v) is 14.4. The number of carboxylic acids is 1. The van der Waals surface area contributed by atoms with Crippen molar-refractivity contribution in [1.82, 2.24) is 9.55 Å². The fourth-order valence-corrected chi connectivity index (χ4v) is 6.06. The van der Waals surface area contributed by atoms with Gasteiger partial charge in [-0.25, -0.2) is 4.98 Å². The molecule has 0 amide bonds. The van der Waals surface area contributed by atoms with Gasteiger partial charge in [0.25, 0.3) is 0 Å². The third-order valence-corrected chi connectivity index (χ3v) is 8.25. The maximum atomic E-state index is 12.2. The van der Waals surface area contributed by atoms with Crippen LogP contribution in [0, 0.1) is 5.41 Å². The average Bonchev–Trinajstić information content (AvgIpc) is 3.46. The number of aliphatic carboxylic acids is 1. The van der Waals surface area contributed by atoms with E-state index in [0.29, 0.717) is 18.7 Å². The van der Waals surface area contributed by atoms with Gasteiger partial charge in [0.1, 0.15) is 17.4 Å². The van der Waals surface area contributed by atoms with E-state index in [4.69, 9.17) is 4.74 Å². The van der Waals surface area contributed by atoms with Gasteiger partial charge < -0.3 is 19.5 Å². The zero-order chi connectivity index (χ0) is 27.7. The molecule has 0 spiro atoms. The van der Waals surface area contributed by atoms with E-state index >= 15 is 0 Å². The quantitative estimate of drug-likeness (QED) is 0.204. The van der Waals surface area contributed by atoms with Crippen LogP contribution in [0.2, 0.25) is 0 Å². The lowest BCUT2D eigenvalue weighted by atomic mass is 9.88. The summed E-state index contributed by atoms with van der Waals surface area (Å²) in [4.78, 5) is 17.7. The van der Waals surface area contributed by atoms with Crippen LogP contribution in [0.1, 0.15) is 52.8 Å². The highest BCUT2D eigenvalue weighted by molar-refractivity contribution is 8.00. The van der Waals surface area contributed by atoms with E-state index in [9.17, 15) is 15.0 Å². The van der Waals surface area contributed by atoms with Crippen LogP contribution in [0.4, 0.5) is 0 Å². The molecule has 2 N–H and O–H groups in total. The van der Waals surface area contributed by atoms with Gasteiger partial charge >= 0.3 is 5.97 Å². The number of aliphatic hydroxyl groups excluding tert-OH is 1. The van der Waals surface area contributed by atoms with Crippen molar-refractivity contribution >= 4 is 40.0 Å². The van der Waals surface area contributed by atoms with Crippen LogP contribution < -0.4 is 4.74 Å². The number of rotatable bonds is 10. The molecule has 0 aliphatic carbocycles. The Labute approximate surface area is 232 Å². The molecular formula is C30H36N2O4S2. The van der Waals surface area contributed by atoms with Crippen molar-refractivity contribution in [3.8, 4) is 16.3 Å². The predicted octanol–water partition coefficient (Wildman–Crippen LogP) is 7.12. The summed E-state index contributed by atoms with van der Waals surface area (Å²) < 4.78 is 8.01. The first kappa shape index (κ1) is 28.2. The topological polar surface area (TPSA) is 84.6 Å². The number of ether oxygens (including phenoxy) is 1. The molecule has 4 aromatic rings. The Balaban J connectivity index is 1.85. The lowest BCUT2D eigenvalue weighted by Gasteiger charge is -2.24. The zero-order valence-electron chi connectivity index (χ0n) is 22.8. The summed E-state index contributed by atoms with van der Waals surface area (Å²) in [5.74, 6) is -0.141. The molecule has 0 aliphatic heterocycles. The second-order valence-corrected chi connectivity index (χ2v) is 14.0. The van der Waals surface area contributed by atoms with Crippen LogP contribution in [0.5, 0.6) is 5.75 Å². The van der Waals surface area contributed by atoms with Gasteiger partial charge in [-0.3, -0.25) is 4.79 Å². The molecule has 1 unspecified atom stereocenters. The van der Waals surface area contributed by atoms with Crippen molar-refractivity contribution in [2.45, 2.75) is 70.3 Å². The van der Waals surface area contributed by atoms with Crippen LogP contribution in [0.25, 0.3) is 21.5 Å². The van der Waals surface area contributed by atoms with E-state index in [1.165, 1.54) is 0 Å². The molecule has 38 heavy (non-hydrogen) atoms. The van der Waals surface area contributed by atoms with E-state index in [2.05, 4.69) is 54.6 Å². The molecule has 0 saturated carbocycles. The third-order valence-electron chi connectivity index (χ3n) is 6.15. The summed E-state index contributed by atoms with van der Waals surface area (Å²) in [6, 6.07) is 14.4. The number of aromatic nitrogens is 2. The fraction of sp³-hybridized carbons (Fsp3) is 0.400. The molecule has 4 rings (SSSR count). The third kappa shape index (κ3) is 6.60. The number of hydrogen-bond donors (Lipinski definition) is 2. The number of benzene rings is 2. The van der Waals surface area contributed by atoms with E-state index in [-0.39, 0.29) is 11.4 Å². The number of aliphatic hydroxyl groups is 1. The highest BCUT2D eigenvalue weighted by Crippen LogP contribution is 2.44. The van der Waals surface area contributed by atoms with Gasteiger partial charge in [-0.05, 0) is 44.5 Å². The van der Waals surface area contributed by atoms with Crippen LogP contribution >= 0.6 is 23.1 Å². The normalized spacial score (nSPS) is 13.1. The van der Waals surface area contributed by atoms with Gasteiger partial charge in [-0.1, -0.05) is 45.0 Å². The Morgan fingerprint density at radius 1 is 1.13 bits per heavy atom. The first-order valence-electron chi connectivity index (χ1n) is 12.7. The van der Waals surface area contributed by atoms with Crippen molar-refractivity contribution in [3.05, 3.63) is 65.3 Å². The molecule has 202 valence electrons. The molecule has 0 radical (unpaired) electrons. The molecule has 2 heterocycles. The Kier molecular flexibility index (Phi) is 8.26. The highest BCUT2D eigenvalue weighted by atomic mass is 32.2. The van der Waals surface area contributed by atoms with E-state index in [1.807, 2.05) is 29.8 Å². The van der Waals surface area contributed by atoms with Gasteiger partial charge in [0.2, 0.25) is 0 Å². The fourth-order valence-electron chi connectivity index (χ4n) is 4.23. The Bertz CT molecular complexity index is 1400. The lowest BCUT2D eigenvalue weighted by molar-refractivity contribution is -0.146. The second-order valence-electron chi connectivity index (χ2n) is 11.3. The monoisotopic (exact) mass is 552 g/mol. The number of nitrogens with zero attached hydrogens (tertiary/aromatic N) is 2. The van der Waals surface area contributed by atoms with Crippen molar-refractivity contribution in [2.24, 2.45) is 5.41 Å². The Hall–Kier alpha value is -2.81. The number of thioether (sulfide) groups is 1. The molecule has 0 aliphatic rings. The minimum Gasteiger partial charge on any atom is -0.491 e. The van der Waals surface area contributed by atoms with Crippen molar-refractivity contribution in [3.63, 3.8) is 0 Å². The minimum absolute atomic E-state index is 0.0902. The van der Waals surface area contributed by atoms with Gasteiger partial charge in [0, 0.05) is 56.3 Å². The average molecular weight is 553 g/mol. The lowest BCUT2D eigenvalue weighted by Crippen LogP contribution is -2.28. The summed E-state index contributed by atoms with van der Waals surface area (Å²) in [5, 5.41) is 23.7. The highest BCUT2D eigenvalue weighted by Gasteiger charge is 2.32. The van der Waals surface area contributed by atoms with Gasteiger partial charge in [0.05, 0.1) is 11.5 Å². The minimum atomic E-state index is -0.945.